The van der Waals surface area contributed by atoms with Crippen LogP contribution in [0.1, 0.15) is 39.0 Å². The molecule has 0 fully saturated rings. The number of rotatable bonds is 5. The molecule has 0 aliphatic rings. The molecule has 0 radical (unpaired) electrons. The highest BCUT2D eigenvalue weighted by molar-refractivity contribution is 6.17. The number of unbranched alkanes of at least 4 members (excludes halogenated alkanes) is 2. The van der Waals surface area contributed by atoms with Gasteiger partial charge in [0.15, 0.2) is 0 Å². The first-order chi connectivity index (χ1) is 5.81. The molecule has 1 N–H and O–H groups in total. The predicted molar refractivity (Wildman–Crippen MR) is 53.3 cm³/mol. The van der Waals surface area contributed by atoms with Gasteiger partial charge in [0.05, 0.1) is 0 Å². The fraction of sp³-hybridized carbons (Fsp3) is 0.800. The molecule has 70 valence electrons. The number of alkyl halides is 1. The van der Waals surface area contributed by atoms with E-state index in [9.17, 15) is 5.11 Å². The molecule has 0 unspecified atom stereocenters. The average molecular weight is 189 g/mol. The summed E-state index contributed by atoms with van der Waals surface area (Å²) in [6.45, 7) is 2.10. The zero-order valence-electron chi connectivity index (χ0n) is 7.65. The molecule has 0 aromatic carbocycles. The maximum atomic E-state index is 9.27. The van der Waals surface area contributed by atoms with Gasteiger partial charge in [-0.25, -0.2) is 0 Å². The molecule has 0 rings (SSSR count). The maximum Gasteiger partial charge on any atom is 0.114 e. The van der Waals surface area contributed by atoms with Gasteiger partial charge < -0.3 is 5.11 Å². The van der Waals surface area contributed by atoms with Crippen LogP contribution >= 0.6 is 11.6 Å². The Labute approximate surface area is 80.1 Å². The topological polar surface area (TPSA) is 20.2 Å². The van der Waals surface area contributed by atoms with Gasteiger partial charge in [-0.15, -0.1) is 17.5 Å². The van der Waals surface area contributed by atoms with Gasteiger partial charge in [-0.05, 0) is 12.8 Å². The van der Waals surface area contributed by atoms with E-state index in [1.54, 1.807) is 0 Å². The van der Waals surface area contributed by atoms with Crippen molar-refractivity contribution in [2.75, 3.05) is 5.88 Å². The van der Waals surface area contributed by atoms with E-state index in [0.717, 1.165) is 32.1 Å². The van der Waals surface area contributed by atoms with E-state index in [0.29, 0.717) is 5.88 Å². The molecule has 0 amide bonds. The number of hydrogen-bond donors (Lipinski definition) is 1. The van der Waals surface area contributed by atoms with Gasteiger partial charge in [0.25, 0.3) is 0 Å². The quantitative estimate of drug-likeness (QED) is 0.400. The van der Waals surface area contributed by atoms with Crippen LogP contribution in [-0.2, 0) is 0 Å². The van der Waals surface area contributed by atoms with Crippen molar-refractivity contribution in [3.63, 3.8) is 0 Å². The molecule has 2 heteroatoms. The van der Waals surface area contributed by atoms with Crippen LogP contribution in [0.5, 0.6) is 0 Å². The standard InChI is InChI=1S/C10H17ClO/c1-2-3-7-10(12)8-5-4-6-9-11/h10,12H,2-4,6-7,9H2,1H3/t10-/m0/s1. The number of hydrogen-bond acceptors (Lipinski definition) is 1. The molecule has 0 aliphatic heterocycles. The largest absolute Gasteiger partial charge is 0.380 e. The first kappa shape index (κ1) is 11.8. The summed E-state index contributed by atoms with van der Waals surface area (Å²) >= 11 is 5.47. The monoisotopic (exact) mass is 188 g/mol. The average Bonchev–Trinajstić information content (AvgIpc) is 2.09. The van der Waals surface area contributed by atoms with Gasteiger partial charge in [0.1, 0.15) is 6.10 Å². The van der Waals surface area contributed by atoms with Crippen LogP contribution in [-0.4, -0.2) is 17.1 Å². The Morgan fingerprint density at radius 1 is 1.42 bits per heavy atom. The second-order valence-electron chi connectivity index (χ2n) is 2.77. The van der Waals surface area contributed by atoms with Gasteiger partial charge in [-0.1, -0.05) is 25.7 Å². The summed E-state index contributed by atoms with van der Waals surface area (Å²) in [7, 11) is 0. The van der Waals surface area contributed by atoms with Crippen molar-refractivity contribution in [3.8, 4) is 11.8 Å². The minimum atomic E-state index is -0.430. The Hall–Kier alpha value is -0.190. The molecule has 12 heavy (non-hydrogen) atoms. The van der Waals surface area contributed by atoms with Gasteiger partial charge in [-0.3, -0.25) is 0 Å². The summed E-state index contributed by atoms with van der Waals surface area (Å²) < 4.78 is 0. The van der Waals surface area contributed by atoms with E-state index in [1.165, 1.54) is 0 Å². The normalized spacial score (nSPS) is 11.9. The van der Waals surface area contributed by atoms with Crippen molar-refractivity contribution in [1.82, 2.24) is 0 Å². The minimum Gasteiger partial charge on any atom is -0.380 e. The molecule has 0 aromatic heterocycles. The summed E-state index contributed by atoms with van der Waals surface area (Å²) in [4.78, 5) is 0. The van der Waals surface area contributed by atoms with Crippen molar-refractivity contribution in [2.45, 2.75) is 45.1 Å². The summed E-state index contributed by atoms with van der Waals surface area (Å²) in [6.07, 6.45) is 4.23. The van der Waals surface area contributed by atoms with Crippen LogP contribution in [0.4, 0.5) is 0 Å². The molecule has 0 saturated carbocycles. The summed E-state index contributed by atoms with van der Waals surface area (Å²) in [5.41, 5.74) is 0. The van der Waals surface area contributed by atoms with Gasteiger partial charge in [0, 0.05) is 12.3 Å². The molecular formula is C10H17ClO. The second-order valence-corrected chi connectivity index (χ2v) is 3.15. The maximum absolute atomic E-state index is 9.27. The third-order valence-electron chi connectivity index (χ3n) is 1.54. The first-order valence-corrected chi connectivity index (χ1v) is 5.07. The third-order valence-corrected chi connectivity index (χ3v) is 1.80. The summed E-state index contributed by atoms with van der Waals surface area (Å²) in [6, 6.07) is 0. The Bertz CT molecular complexity index is 146. The van der Waals surface area contributed by atoms with Gasteiger partial charge >= 0.3 is 0 Å². The van der Waals surface area contributed by atoms with Crippen LogP contribution in [0.25, 0.3) is 0 Å². The predicted octanol–water partition coefficient (Wildman–Crippen LogP) is 2.56. The second kappa shape index (κ2) is 8.90. The highest BCUT2D eigenvalue weighted by atomic mass is 35.5. The Balaban J connectivity index is 3.36. The van der Waals surface area contributed by atoms with E-state index in [4.69, 9.17) is 11.6 Å². The van der Waals surface area contributed by atoms with Crippen molar-refractivity contribution in [3.05, 3.63) is 0 Å². The molecule has 0 aliphatic carbocycles. The van der Waals surface area contributed by atoms with E-state index in [-0.39, 0.29) is 0 Å². The van der Waals surface area contributed by atoms with Crippen molar-refractivity contribution in [2.24, 2.45) is 0 Å². The summed E-state index contributed by atoms with van der Waals surface area (Å²) in [5.74, 6) is 6.36. The third kappa shape index (κ3) is 7.91. The van der Waals surface area contributed by atoms with Crippen LogP contribution in [0.15, 0.2) is 0 Å². The van der Waals surface area contributed by atoms with E-state index < -0.39 is 6.10 Å². The Morgan fingerprint density at radius 3 is 2.75 bits per heavy atom. The van der Waals surface area contributed by atoms with Crippen LogP contribution < -0.4 is 0 Å². The number of halogens is 1. The minimum absolute atomic E-state index is 0.430. The molecule has 0 aromatic rings. The van der Waals surface area contributed by atoms with Gasteiger partial charge in [-0.2, -0.15) is 0 Å². The zero-order chi connectivity index (χ0) is 9.23. The van der Waals surface area contributed by atoms with Crippen molar-refractivity contribution < 1.29 is 5.11 Å². The molecule has 0 saturated heterocycles. The Kier molecular flexibility index (Phi) is 8.76. The van der Waals surface area contributed by atoms with E-state index in [1.807, 2.05) is 0 Å². The lowest BCUT2D eigenvalue weighted by molar-refractivity contribution is 0.218. The highest BCUT2D eigenvalue weighted by Crippen LogP contribution is 1.99. The molecule has 0 heterocycles. The molecule has 0 bridgehead atoms. The van der Waals surface area contributed by atoms with Crippen LogP contribution in [0.3, 0.4) is 0 Å². The van der Waals surface area contributed by atoms with Crippen molar-refractivity contribution in [1.29, 1.82) is 0 Å². The van der Waals surface area contributed by atoms with Gasteiger partial charge in [0.2, 0.25) is 0 Å². The lowest BCUT2D eigenvalue weighted by atomic mass is 10.1. The highest BCUT2D eigenvalue weighted by Gasteiger charge is 1.95. The first-order valence-electron chi connectivity index (χ1n) is 4.53. The lowest BCUT2D eigenvalue weighted by Crippen LogP contribution is -2.01. The van der Waals surface area contributed by atoms with Crippen LogP contribution in [0.2, 0.25) is 0 Å². The number of aliphatic hydroxyl groups excluding tert-OH is 1. The Morgan fingerprint density at radius 2 is 2.17 bits per heavy atom. The van der Waals surface area contributed by atoms with E-state index in [2.05, 4.69) is 18.8 Å². The summed E-state index contributed by atoms with van der Waals surface area (Å²) in [5, 5.41) is 9.27. The fourth-order valence-corrected chi connectivity index (χ4v) is 0.948. The SMILES string of the molecule is CCCC[C@H](O)C#CCCCCl. The molecule has 1 nitrogen and oxygen atoms in total. The lowest BCUT2D eigenvalue weighted by Gasteiger charge is -1.99. The molecule has 1 atom stereocenters. The van der Waals surface area contributed by atoms with Crippen LogP contribution in [0, 0.1) is 11.8 Å². The van der Waals surface area contributed by atoms with E-state index >= 15 is 0 Å². The smallest absolute Gasteiger partial charge is 0.114 e. The fourth-order valence-electron chi connectivity index (χ4n) is 0.815. The molecule has 0 spiro atoms. The number of aliphatic hydroxyl groups is 1. The zero-order valence-corrected chi connectivity index (χ0v) is 8.40. The van der Waals surface area contributed by atoms with Crippen molar-refractivity contribution >= 4 is 11.6 Å². The molecular weight excluding hydrogens is 172 g/mol.